The van der Waals surface area contributed by atoms with Gasteiger partial charge in [0.05, 0.1) is 5.92 Å². The van der Waals surface area contributed by atoms with E-state index in [1.165, 1.54) is 36.8 Å². The first-order chi connectivity index (χ1) is 14.0. The Hall–Kier alpha value is -1.35. The lowest BCUT2D eigenvalue weighted by molar-refractivity contribution is -0.123. The van der Waals surface area contributed by atoms with Crippen molar-refractivity contribution in [2.45, 2.75) is 58.5 Å². The number of carbonyl (C=O) groups excluding carboxylic acids is 1. The Morgan fingerprint density at radius 1 is 1.27 bits per heavy atom. The number of nitrogens with two attached hydrogens (primary N) is 1. The predicted molar refractivity (Wildman–Crippen MR) is 134 cm³/mol. The SMILES string of the molecule is CCC1(CNC(=NC)NCc2cccc(CN3CCCC(C(N)=O)C3)c2)CCC1.I. The van der Waals surface area contributed by atoms with Crippen molar-refractivity contribution in [2.75, 3.05) is 26.7 Å². The van der Waals surface area contributed by atoms with Crippen LogP contribution >= 0.6 is 24.0 Å². The molecule has 30 heavy (non-hydrogen) atoms. The fourth-order valence-corrected chi connectivity index (χ4v) is 4.54. The minimum atomic E-state index is -0.168. The van der Waals surface area contributed by atoms with E-state index >= 15 is 0 Å². The van der Waals surface area contributed by atoms with Crippen molar-refractivity contribution in [1.82, 2.24) is 15.5 Å². The van der Waals surface area contributed by atoms with Crippen LogP contribution in [0.15, 0.2) is 29.3 Å². The molecule has 1 atom stereocenters. The highest BCUT2D eigenvalue weighted by Crippen LogP contribution is 2.42. The summed E-state index contributed by atoms with van der Waals surface area (Å²) in [5.41, 5.74) is 8.49. The van der Waals surface area contributed by atoms with E-state index in [4.69, 9.17) is 5.73 Å². The number of benzene rings is 1. The van der Waals surface area contributed by atoms with Crippen LogP contribution in [0, 0.1) is 11.3 Å². The van der Waals surface area contributed by atoms with E-state index in [9.17, 15) is 4.79 Å². The first-order valence-electron chi connectivity index (χ1n) is 11.1. The smallest absolute Gasteiger partial charge is 0.221 e. The van der Waals surface area contributed by atoms with Gasteiger partial charge < -0.3 is 16.4 Å². The molecule has 1 aromatic rings. The van der Waals surface area contributed by atoms with Crippen molar-refractivity contribution < 1.29 is 4.79 Å². The third-order valence-electron chi connectivity index (χ3n) is 6.78. The maximum absolute atomic E-state index is 11.5. The molecule has 4 N–H and O–H groups in total. The van der Waals surface area contributed by atoms with Gasteiger partial charge in [-0.2, -0.15) is 0 Å². The Morgan fingerprint density at radius 2 is 2.03 bits per heavy atom. The van der Waals surface area contributed by atoms with Crippen LogP contribution in [-0.2, 0) is 17.9 Å². The van der Waals surface area contributed by atoms with E-state index < -0.39 is 0 Å². The average Bonchev–Trinajstić information content (AvgIpc) is 2.70. The van der Waals surface area contributed by atoms with Gasteiger partial charge in [0.25, 0.3) is 0 Å². The molecule has 1 amide bonds. The molecule has 1 aliphatic carbocycles. The number of halogens is 1. The van der Waals surface area contributed by atoms with E-state index in [-0.39, 0.29) is 35.8 Å². The van der Waals surface area contributed by atoms with Crippen LogP contribution < -0.4 is 16.4 Å². The van der Waals surface area contributed by atoms with Gasteiger partial charge in [0.15, 0.2) is 5.96 Å². The largest absolute Gasteiger partial charge is 0.369 e. The maximum atomic E-state index is 11.5. The molecule has 0 bridgehead atoms. The molecule has 3 rings (SSSR count). The number of aliphatic imine (C=N–C) groups is 1. The fourth-order valence-electron chi connectivity index (χ4n) is 4.54. The molecule has 168 valence electrons. The molecule has 0 spiro atoms. The zero-order valence-electron chi connectivity index (χ0n) is 18.5. The molecular formula is C23H38IN5O. The van der Waals surface area contributed by atoms with Crippen LogP contribution in [-0.4, -0.2) is 43.4 Å². The van der Waals surface area contributed by atoms with Crippen LogP contribution in [0.1, 0.15) is 56.6 Å². The second-order valence-electron chi connectivity index (χ2n) is 8.78. The predicted octanol–water partition coefficient (Wildman–Crippen LogP) is 3.25. The summed E-state index contributed by atoms with van der Waals surface area (Å²) >= 11 is 0. The van der Waals surface area contributed by atoms with Crippen molar-refractivity contribution in [3.63, 3.8) is 0 Å². The summed E-state index contributed by atoms with van der Waals surface area (Å²) in [5.74, 6) is 0.693. The van der Waals surface area contributed by atoms with Crippen LogP contribution in [0.2, 0.25) is 0 Å². The van der Waals surface area contributed by atoms with E-state index in [0.717, 1.165) is 51.5 Å². The Bertz CT molecular complexity index is 714. The summed E-state index contributed by atoms with van der Waals surface area (Å²) in [5, 5.41) is 6.96. The van der Waals surface area contributed by atoms with Gasteiger partial charge in [-0.1, -0.05) is 37.6 Å². The molecule has 1 saturated heterocycles. The number of nitrogens with zero attached hydrogens (tertiary/aromatic N) is 2. The summed E-state index contributed by atoms with van der Waals surface area (Å²) < 4.78 is 0. The molecule has 7 heteroatoms. The normalized spacial score (nSPS) is 21.3. The lowest BCUT2D eigenvalue weighted by atomic mass is 9.67. The Morgan fingerprint density at radius 3 is 2.67 bits per heavy atom. The summed E-state index contributed by atoms with van der Waals surface area (Å²) in [6, 6.07) is 8.66. The standard InChI is InChI=1S/C23H37N5O.HI/c1-3-23(10-6-11-23)17-27-22(25-2)26-14-18-7-4-8-19(13-18)15-28-12-5-9-20(16-28)21(24)29;/h4,7-8,13,20H,3,5-6,9-12,14-17H2,1-2H3,(H2,24,29)(H2,25,26,27);1H. The van der Waals surface area contributed by atoms with E-state index in [1.807, 2.05) is 7.05 Å². The lowest BCUT2D eigenvalue weighted by Gasteiger charge is -2.41. The molecule has 6 nitrogen and oxygen atoms in total. The molecule has 1 aromatic carbocycles. The summed E-state index contributed by atoms with van der Waals surface area (Å²) in [6.07, 6.45) is 7.18. The number of amides is 1. The number of carbonyl (C=O) groups is 1. The number of piperidine rings is 1. The van der Waals surface area contributed by atoms with Crippen molar-refractivity contribution >= 4 is 35.8 Å². The number of nitrogens with one attached hydrogen (secondary N) is 2. The van der Waals surface area contributed by atoms with Crippen LogP contribution in [0.3, 0.4) is 0 Å². The number of guanidine groups is 1. The first-order valence-corrected chi connectivity index (χ1v) is 11.1. The molecule has 1 aliphatic heterocycles. The van der Waals surface area contributed by atoms with Crippen molar-refractivity contribution in [2.24, 2.45) is 22.1 Å². The third-order valence-corrected chi connectivity index (χ3v) is 6.78. The highest BCUT2D eigenvalue weighted by Gasteiger charge is 2.34. The molecule has 2 fully saturated rings. The summed E-state index contributed by atoms with van der Waals surface area (Å²) in [7, 11) is 1.83. The Balaban J connectivity index is 0.00000320. The molecule has 1 heterocycles. The topological polar surface area (TPSA) is 82.8 Å². The van der Waals surface area contributed by atoms with Crippen LogP contribution in [0.5, 0.6) is 0 Å². The van der Waals surface area contributed by atoms with Crippen molar-refractivity contribution in [3.05, 3.63) is 35.4 Å². The monoisotopic (exact) mass is 527 g/mol. The number of hydrogen-bond donors (Lipinski definition) is 3. The quantitative estimate of drug-likeness (QED) is 0.276. The van der Waals surface area contributed by atoms with Crippen LogP contribution in [0.25, 0.3) is 0 Å². The highest BCUT2D eigenvalue weighted by molar-refractivity contribution is 14.0. The van der Waals surface area contributed by atoms with Gasteiger partial charge in [-0.25, -0.2) is 0 Å². The van der Waals surface area contributed by atoms with Crippen LogP contribution in [0.4, 0.5) is 0 Å². The van der Waals surface area contributed by atoms with Gasteiger partial charge in [0, 0.05) is 33.2 Å². The van der Waals surface area contributed by atoms with Crippen molar-refractivity contribution in [3.8, 4) is 0 Å². The maximum Gasteiger partial charge on any atom is 0.221 e. The van der Waals surface area contributed by atoms with E-state index in [1.54, 1.807) is 0 Å². The van der Waals surface area contributed by atoms with Gasteiger partial charge in [-0.15, -0.1) is 24.0 Å². The van der Waals surface area contributed by atoms with Gasteiger partial charge in [-0.3, -0.25) is 14.7 Å². The Labute approximate surface area is 198 Å². The fraction of sp³-hybridized carbons (Fsp3) is 0.652. The minimum absolute atomic E-state index is 0. The number of hydrogen-bond acceptors (Lipinski definition) is 3. The molecule has 1 unspecified atom stereocenters. The van der Waals surface area contributed by atoms with E-state index in [2.05, 4.69) is 51.7 Å². The van der Waals surface area contributed by atoms with Crippen molar-refractivity contribution in [1.29, 1.82) is 0 Å². The zero-order valence-corrected chi connectivity index (χ0v) is 20.8. The number of primary amides is 1. The lowest BCUT2D eigenvalue weighted by Crippen LogP contribution is -2.46. The third kappa shape index (κ3) is 6.83. The van der Waals surface area contributed by atoms with E-state index in [0.29, 0.717) is 5.41 Å². The van der Waals surface area contributed by atoms with Gasteiger partial charge >= 0.3 is 0 Å². The van der Waals surface area contributed by atoms with Gasteiger partial charge in [0.2, 0.25) is 5.91 Å². The number of likely N-dealkylation sites (tertiary alicyclic amines) is 1. The summed E-state index contributed by atoms with van der Waals surface area (Å²) in [4.78, 5) is 18.2. The second-order valence-corrected chi connectivity index (χ2v) is 8.78. The summed E-state index contributed by atoms with van der Waals surface area (Å²) in [6.45, 7) is 6.70. The molecule has 1 saturated carbocycles. The zero-order chi connectivity index (χ0) is 20.7. The molecule has 0 aromatic heterocycles. The molecular weight excluding hydrogens is 489 g/mol. The molecule has 0 radical (unpaired) electrons. The Kier molecular flexibility index (Phi) is 9.87. The number of rotatable bonds is 8. The van der Waals surface area contributed by atoms with Gasteiger partial charge in [0.1, 0.15) is 0 Å². The average molecular weight is 527 g/mol. The highest BCUT2D eigenvalue weighted by atomic mass is 127. The first kappa shape index (κ1) is 24.9. The van der Waals surface area contributed by atoms with Gasteiger partial charge in [-0.05, 0) is 55.2 Å². The molecule has 2 aliphatic rings. The minimum Gasteiger partial charge on any atom is -0.369 e. The second kappa shape index (κ2) is 11.9.